The summed E-state index contributed by atoms with van der Waals surface area (Å²) in [6, 6.07) is 0. The highest BCUT2D eigenvalue weighted by atomic mass is 32.2. The molecule has 0 saturated carbocycles. The summed E-state index contributed by atoms with van der Waals surface area (Å²) >= 11 is 1.85. The zero-order valence-electron chi connectivity index (χ0n) is 8.54. The molecule has 0 radical (unpaired) electrons. The number of thioether (sulfide) groups is 1. The molecule has 1 unspecified atom stereocenters. The standard InChI is InChI=1S/C9H18O3S/c1-9(2)11-6-8(12-9)7-13-5-4-10-3/h8H,4-7H2,1-3H3. The molecule has 0 bridgehead atoms. The van der Waals surface area contributed by atoms with Crippen LogP contribution in [0.2, 0.25) is 0 Å². The Morgan fingerprint density at radius 2 is 2.31 bits per heavy atom. The third-order valence-electron chi connectivity index (χ3n) is 1.80. The predicted octanol–water partition coefficient (Wildman–Crippen LogP) is 1.52. The van der Waals surface area contributed by atoms with Crippen LogP contribution in [-0.4, -0.2) is 43.7 Å². The van der Waals surface area contributed by atoms with E-state index < -0.39 is 0 Å². The van der Waals surface area contributed by atoms with Gasteiger partial charge >= 0.3 is 0 Å². The quantitative estimate of drug-likeness (QED) is 0.637. The van der Waals surface area contributed by atoms with Crippen LogP contribution >= 0.6 is 11.8 Å². The van der Waals surface area contributed by atoms with Crippen molar-refractivity contribution in [3.8, 4) is 0 Å². The molecule has 0 aromatic carbocycles. The third kappa shape index (κ3) is 4.31. The summed E-state index contributed by atoms with van der Waals surface area (Å²) in [5.41, 5.74) is 0. The van der Waals surface area contributed by atoms with Crippen LogP contribution in [0.5, 0.6) is 0 Å². The fraction of sp³-hybridized carbons (Fsp3) is 1.00. The molecule has 4 heteroatoms. The minimum absolute atomic E-state index is 0.247. The lowest BCUT2D eigenvalue weighted by atomic mass is 10.4. The largest absolute Gasteiger partial charge is 0.384 e. The Labute approximate surface area is 84.1 Å². The highest BCUT2D eigenvalue weighted by molar-refractivity contribution is 7.99. The van der Waals surface area contributed by atoms with E-state index in [0.29, 0.717) is 6.61 Å². The van der Waals surface area contributed by atoms with Gasteiger partial charge in [-0.1, -0.05) is 0 Å². The molecule has 13 heavy (non-hydrogen) atoms. The molecule has 0 aromatic heterocycles. The van der Waals surface area contributed by atoms with Crippen LogP contribution in [0.4, 0.5) is 0 Å². The second-order valence-corrected chi connectivity index (χ2v) is 4.67. The summed E-state index contributed by atoms with van der Waals surface area (Å²) in [6.07, 6.45) is 0.247. The van der Waals surface area contributed by atoms with Crippen molar-refractivity contribution in [1.29, 1.82) is 0 Å². The molecule has 1 fully saturated rings. The van der Waals surface area contributed by atoms with Crippen molar-refractivity contribution in [3.05, 3.63) is 0 Å². The second-order valence-electron chi connectivity index (χ2n) is 3.52. The van der Waals surface area contributed by atoms with Gasteiger partial charge in [0.2, 0.25) is 0 Å². The van der Waals surface area contributed by atoms with Gasteiger partial charge in [0.05, 0.1) is 19.3 Å². The van der Waals surface area contributed by atoms with Gasteiger partial charge in [-0.15, -0.1) is 0 Å². The average Bonchev–Trinajstić information content (AvgIpc) is 2.40. The molecule has 1 aliphatic rings. The SMILES string of the molecule is COCCSCC1COC(C)(C)O1. The average molecular weight is 206 g/mol. The molecule has 0 aromatic rings. The molecule has 1 atom stereocenters. The highest BCUT2D eigenvalue weighted by Crippen LogP contribution is 2.24. The van der Waals surface area contributed by atoms with Gasteiger partial charge < -0.3 is 14.2 Å². The molecule has 1 heterocycles. The number of methoxy groups -OCH3 is 1. The van der Waals surface area contributed by atoms with Gasteiger partial charge in [-0.05, 0) is 13.8 Å². The van der Waals surface area contributed by atoms with Crippen LogP contribution in [0.1, 0.15) is 13.8 Å². The van der Waals surface area contributed by atoms with Crippen molar-refractivity contribution in [2.75, 3.05) is 31.8 Å². The predicted molar refractivity (Wildman–Crippen MR) is 54.1 cm³/mol. The Hall–Kier alpha value is 0.230. The first kappa shape index (κ1) is 11.3. The third-order valence-corrected chi connectivity index (χ3v) is 2.87. The molecule has 1 saturated heterocycles. The first-order valence-corrected chi connectivity index (χ1v) is 5.68. The van der Waals surface area contributed by atoms with E-state index >= 15 is 0 Å². The fourth-order valence-corrected chi connectivity index (χ4v) is 2.08. The molecule has 0 spiro atoms. The molecule has 78 valence electrons. The van der Waals surface area contributed by atoms with Gasteiger partial charge in [0.15, 0.2) is 5.79 Å². The molecule has 0 aliphatic carbocycles. The van der Waals surface area contributed by atoms with E-state index in [4.69, 9.17) is 14.2 Å². The van der Waals surface area contributed by atoms with Gasteiger partial charge in [0.25, 0.3) is 0 Å². The van der Waals surface area contributed by atoms with Gasteiger partial charge in [0.1, 0.15) is 0 Å². The van der Waals surface area contributed by atoms with E-state index in [9.17, 15) is 0 Å². The van der Waals surface area contributed by atoms with Crippen molar-refractivity contribution >= 4 is 11.8 Å². The summed E-state index contributed by atoms with van der Waals surface area (Å²) in [4.78, 5) is 0. The zero-order chi connectivity index (χ0) is 9.73. The maximum absolute atomic E-state index is 5.65. The van der Waals surface area contributed by atoms with Crippen molar-refractivity contribution in [1.82, 2.24) is 0 Å². The van der Waals surface area contributed by atoms with E-state index in [1.165, 1.54) is 0 Å². The summed E-state index contributed by atoms with van der Waals surface area (Å²) in [5, 5.41) is 0. The summed E-state index contributed by atoms with van der Waals surface area (Å²) < 4.78 is 16.0. The maximum atomic E-state index is 5.65. The minimum Gasteiger partial charge on any atom is -0.384 e. The number of hydrogen-bond donors (Lipinski definition) is 0. The van der Waals surface area contributed by atoms with Gasteiger partial charge in [-0.2, -0.15) is 11.8 Å². The lowest BCUT2D eigenvalue weighted by molar-refractivity contribution is -0.135. The Morgan fingerprint density at radius 1 is 1.54 bits per heavy atom. The van der Waals surface area contributed by atoms with Gasteiger partial charge in [-0.25, -0.2) is 0 Å². The summed E-state index contributed by atoms with van der Waals surface area (Å²) in [6.45, 7) is 5.42. The Balaban J connectivity index is 2.04. The Morgan fingerprint density at radius 3 is 2.85 bits per heavy atom. The highest BCUT2D eigenvalue weighted by Gasteiger charge is 2.32. The molecule has 1 rings (SSSR count). The topological polar surface area (TPSA) is 27.7 Å². The van der Waals surface area contributed by atoms with E-state index in [2.05, 4.69) is 0 Å². The summed E-state index contributed by atoms with van der Waals surface area (Å²) in [7, 11) is 1.72. The van der Waals surface area contributed by atoms with Crippen molar-refractivity contribution in [2.45, 2.75) is 25.7 Å². The van der Waals surface area contributed by atoms with Gasteiger partial charge in [-0.3, -0.25) is 0 Å². The van der Waals surface area contributed by atoms with Crippen LogP contribution in [0.25, 0.3) is 0 Å². The first-order valence-electron chi connectivity index (χ1n) is 4.52. The van der Waals surface area contributed by atoms with E-state index in [0.717, 1.165) is 18.1 Å². The van der Waals surface area contributed by atoms with Crippen LogP contribution in [0.15, 0.2) is 0 Å². The number of rotatable bonds is 5. The van der Waals surface area contributed by atoms with Crippen LogP contribution in [0, 0.1) is 0 Å². The zero-order valence-corrected chi connectivity index (χ0v) is 9.36. The van der Waals surface area contributed by atoms with Gasteiger partial charge in [0, 0.05) is 18.6 Å². The smallest absolute Gasteiger partial charge is 0.163 e. The molecule has 1 aliphatic heterocycles. The van der Waals surface area contributed by atoms with E-state index in [-0.39, 0.29) is 11.9 Å². The van der Waals surface area contributed by atoms with E-state index in [1.54, 1.807) is 7.11 Å². The second kappa shape index (κ2) is 5.20. The van der Waals surface area contributed by atoms with Crippen LogP contribution in [0.3, 0.4) is 0 Å². The molecule has 3 nitrogen and oxygen atoms in total. The number of hydrogen-bond acceptors (Lipinski definition) is 4. The molecule has 0 N–H and O–H groups in total. The Kier molecular flexibility index (Phi) is 4.52. The van der Waals surface area contributed by atoms with Crippen LogP contribution in [-0.2, 0) is 14.2 Å². The van der Waals surface area contributed by atoms with Crippen molar-refractivity contribution < 1.29 is 14.2 Å². The Bertz CT molecular complexity index is 150. The van der Waals surface area contributed by atoms with Crippen molar-refractivity contribution in [3.63, 3.8) is 0 Å². The normalized spacial score (nSPS) is 26.5. The minimum atomic E-state index is -0.382. The van der Waals surface area contributed by atoms with Crippen molar-refractivity contribution in [2.24, 2.45) is 0 Å². The lowest BCUT2D eigenvalue weighted by Gasteiger charge is -2.16. The fourth-order valence-electron chi connectivity index (χ4n) is 1.20. The summed E-state index contributed by atoms with van der Waals surface area (Å²) in [5.74, 6) is 1.63. The first-order chi connectivity index (χ1) is 6.14. The number of ether oxygens (including phenoxy) is 3. The lowest BCUT2D eigenvalue weighted by Crippen LogP contribution is -2.22. The maximum Gasteiger partial charge on any atom is 0.163 e. The molecular weight excluding hydrogens is 188 g/mol. The molecular formula is C9H18O3S. The monoisotopic (exact) mass is 206 g/mol. The molecule has 0 amide bonds. The van der Waals surface area contributed by atoms with Crippen LogP contribution < -0.4 is 0 Å². The van der Waals surface area contributed by atoms with E-state index in [1.807, 2.05) is 25.6 Å².